The number of hydrogen-bond acceptors (Lipinski definition) is 5. The molecule has 1 aromatic rings. The number of nitrogens with zero attached hydrogens (tertiary/aromatic N) is 2. The molecule has 1 aliphatic heterocycles. The number of methoxy groups -OCH3 is 1. The van der Waals surface area contributed by atoms with Gasteiger partial charge in [-0.15, -0.1) is 0 Å². The highest BCUT2D eigenvalue weighted by molar-refractivity contribution is 5.81. The summed E-state index contributed by atoms with van der Waals surface area (Å²) < 4.78 is 17.9. The summed E-state index contributed by atoms with van der Waals surface area (Å²) in [4.78, 5) is 22.6. The molecule has 0 atom stereocenters. The maximum atomic E-state index is 13.7. The van der Waals surface area contributed by atoms with Crippen LogP contribution in [0.3, 0.4) is 0 Å². The molecule has 0 unspecified atom stereocenters. The number of halogens is 1. The van der Waals surface area contributed by atoms with Gasteiger partial charge in [-0.05, 0) is 6.07 Å². The molecule has 0 aliphatic carbocycles. The summed E-state index contributed by atoms with van der Waals surface area (Å²) >= 11 is 0. The molecule has 7 heteroatoms. The fraction of sp³-hybridized carbons (Fsp3) is 0.462. The van der Waals surface area contributed by atoms with Crippen LogP contribution in [0.5, 0.6) is 0 Å². The van der Waals surface area contributed by atoms with Crippen molar-refractivity contribution in [1.29, 1.82) is 0 Å². The van der Waals surface area contributed by atoms with Gasteiger partial charge in [-0.2, -0.15) is 0 Å². The Balaban J connectivity index is 0.000000612. The van der Waals surface area contributed by atoms with E-state index in [9.17, 15) is 19.3 Å². The third-order valence-electron chi connectivity index (χ3n) is 2.80. The molecule has 1 aliphatic rings. The standard InChI is InChI=1S/C11H11FN2O3.C2H6O/c12-10-7-8(14(16)17)1-2-11(10)13-5-3-9(15)4-6-13;1-3-2/h1-2,7H,3-6H2;1-2H3. The normalized spacial score (nSPS) is 14.6. The Kier molecular flexibility index (Phi) is 6.05. The number of ketones is 1. The Morgan fingerprint density at radius 2 is 1.85 bits per heavy atom. The summed E-state index contributed by atoms with van der Waals surface area (Å²) in [5.41, 5.74) is 0.0578. The van der Waals surface area contributed by atoms with E-state index in [0.29, 0.717) is 31.6 Å². The van der Waals surface area contributed by atoms with E-state index < -0.39 is 10.7 Å². The van der Waals surface area contributed by atoms with Gasteiger partial charge in [0.1, 0.15) is 5.78 Å². The molecular formula is C13H17FN2O4. The highest BCUT2D eigenvalue weighted by atomic mass is 19.1. The summed E-state index contributed by atoms with van der Waals surface area (Å²) in [6.07, 6.45) is 0.798. The zero-order chi connectivity index (χ0) is 15.1. The quantitative estimate of drug-likeness (QED) is 0.614. The van der Waals surface area contributed by atoms with Gasteiger partial charge in [0.15, 0.2) is 5.82 Å². The Bertz CT molecular complexity index is 483. The molecule has 0 bridgehead atoms. The number of hydrogen-bond donors (Lipinski definition) is 0. The van der Waals surface area contributed by atoms with Crippen LogP contribution in [0.15, 0.2) is 18.2 Å². The molecule has 0 N–H and O–H groups in total. The predicted octanol–water partition coefficient (Wildman–Crippen LogP) is 2.17. The zero-order valence-corrected chi connectivity index (χ0v) is 11.5. The number of carbonyl (C=O) groups excluding carboxylic acids is 1. The van der Waals surface area contributed by atoms with Crippen LogP contribution in [0, 0.1) is 15.9 Å². The third kappa shape index (κ3) is 4.27. The first-order valence-corrected chi connectivity index (χ1v) is 6.10. The van der Waals surface area contributed by atoms with E-state index in [1.807, 2.05) is 0 Å². The Morgan fingerprint density at radius 3 is 2.30 bits per heavy atom. The summed E-state index contributed by atoms with van der Waals surface area (Å²) in [5, 5.41) is 10.5. The van der Waals surface area contributed by atoms with Crippen LogP contribution in [-0.2, 0) is 9.53 Å². The molecule has 1 aromatic carbocycles. The second-order valence-corrected chi connectivity index (χ2v) is 4.33. The van der Waals surface area contributed by atoms with E-state index in [1.165, 1.54) is 12.1 Å². The summed E-state index contributed by atoms with van der Waals surface area (Å²) in [6.45, 7) is 0.932. The molecule has 0 aromatic heterocycles. The van der Waals surface area contributed by atoms with Crippen LogP contribution < -0.4 is 4.90 Å². The second-order valence-electron chi connectivity index (χ2n) is 4.33. The Hall–Kier alpha value is -2.02. The van der Waals surface area contributed by atoms with Gasteiger partial charge in [0.2, 0.25) is 0 Å². The number of benzene rings is 1. The average Bonchev–Trinajstić information content (AvgIpc) is 2.40. The molecule has 2 rings (SSSR count). The average molecular weight is 284 g/mol. The lowest BCUT2D eigenvalue weighted by atomic mass is 10.1. The first-order chi connectivity index (χ1) is 9.49. The number of anilines is 1. The monoisotopic (exact) mass is 284 g/mol. The largest absolute Gasteiger partial charge is 0.388 e. The van der Waals surface area contributed by atoms with E-state index in [4.69, 9.17) is 0 Å². The van der Waals surface area contributed by atoms with Crippen molar-refractivity contribution in [3.63, 3.8) is 0 Å². The van der Waals surface area contributed by atoms with E-state index >= 15 is 0 Å². The van der Waals surface area contributed by atoms with Crippen LogP contribution in [0.25, 0.3) is 0 Å². The van der Waals surface area contributed by atoms with E-state index in [-0.39, 0.29) is 11.5 Å². The van der Waals surface area contributed by atoms with Crippen molar-refractivity contribution < 1.29 is 18.8 Å². The minimum atomic E-state index is -0.632. The predicted molar refractivity (Wildman–Crippen MR) is 72.4 cm³/mol. The van der Waals surface area contributed by atoms with Crippen LogP contribution in [0.2, 0.25) is 0 Å². The summed E-state index contributed by atoms with van der Waals surface area (Å²) in [7, 11) is 3.25. The van der Waals surface area contributed by atoms with Crippen molar-refractivity contribution in [3.8, 4) is 0 Å². The van der Waals surface area contributed by atoms with Crippen molar-refractivity contribution in [2.45, 2.75) is 12.8 Å². The van der Waals surface area contributed by atoms with Crippen molar-refractivity contribution >= 4 is 17.2 Å². The number of non-ortho nitro benzene ring substituents is 1. The van der Waals surface area contributed by atoms with Gasteiger partial charge >= 0.3 is 0 Å². The number of piperidine rings is 1. The number of nitro benzene ring substituents is 1. The molecule has 1 saturated heterocycles. The van der Waals surface area contributed by atoms with Crippen molar-refractivity contribution in [2.24, 2.45) is 0 Å². The summed E-state index contributed by atoms with van der Waals surface area (Å²) in [5.74, 6) is -0.447. The smallest absolute Gasteiger partial charge is 0.272 e. The number of ether oxygens (including phenoxy) is 1. The Labute approximate surface area is 116 Å². The number of Topliss-reactive ketones (excluding diaryl/α,β-unsaturated/α-hetero) is 1. The number of rotatable bonds is 2. The zero-order valence-electron chi connectivity index (χ0n) is 11.5. The van der Waals surface area contributed by atoms with Crippen molar-refractivity contribution in [3.05, 3.63) is 34.1 Å². The molecule has 20 heavy (non-hydrogen) atoms. The fourth-order valence-corrected chi connectivity index (χ4v) is 1.86. The molecule has 1 heterocycles. The highest BCUT2D eigenvalue weighted by Gasteiger charge is 2.20. The lowest BCUT2D eigenvalue weighted by Crippen LogP contribution is -2.34. The van der Waals surface area contributed by atoms with Gasteiger partial charge in [0, 0.05) is 46.2 Å². The van der Waals surface area contributed by atoms with Gasteiger partial charge in [-0.3, -0.25) is 14.9 Å². The molecular weight excluding hydrogens is 267 g/mol. The van der Waals surface area contributed by atoms with E-state index in [1.54, 1.807) is 19.1 Å². The van der Waals surface area contributed by atoms with Gasteiger partial charge in [-0.1, -0.05) is 0 Å². The molecule has 6 nitrogen and oxygen atoms in total. The molecule has 0 amide bonds. The van der Waals surface area contributed by atoms with Crippen LogP contribution >= 0.6 is 0 Å². The van der Waals surface area contributed by atoms with Gasteiger partial charge < -0.3 is 9.64 Å². The van der Waals surface area contributed by atoms with Crippen LogP contribution in [0.1, 0.15) is 12.8 Å². The van der Waals surface area contributed by atoms with Crippen LogP contribution in [-0.4, -0.2) is 38.0 Å². The molecule has 0 spiro atoms. The molecule has 0 radical (unpaired) electrons. The lowest BCUT2D eigenvalue weighted by Gasteiger charge is -2.28. The minimum absolute atomic E-state index is 0.170. The topological polar surface area (TPSA) is 72.7 Å². The van der Waals surface area contributed by atoms with Crippen LogP contribution in [0.4, 0.5) is 15.8 Å². The second kappa shape index (κ2) is 7.54. The molecule has 110 valence electrons. The minimum Gasteiger partial charge on any atom is -0.388 e. The molecule has 1 fully saturated rings. The first-order valence-electron chi connectivity index (χ1n) is 6.10. The third-order valence-corrected chi connectivity index (χ3v) is 2.80. The summed E-state index contributed by atoms with van der Waals surface area (Å²) in [6, 6.07) is 3.57. The highest BCUT2D eigenvalue weighted by Crippen LogP contribution is 2.25. The van der Waals surface area contributed by atoms with E-state index in [2.05, 4.69) is 4.74 Å². The lowest BCUT2D eigenvalue weighted by molar-refractivity contribution is -0.385. The number of carbonyl (C=O) groups is 1. The fourth-order valence-electron chi connectivity index (χ4n) is 1.86. The van der Waals surface area contributed by atoms with Gasteiger partial charge in [0.05, 0.1) is 16.7 Å². The molecule has 0 saturated carbocycles. The maximum Gasteiger partial charge on any atom is 0.272 e. The Morgan fingerprint density at radius 1 is 1.30 bits per heavy atom. The first kappa shape index (κ1) is 16.0. The van der Waals surface area contributed by atoms with Crippen molar-refractivity contribution in [2.75, 3.05) is 32.2 Å². The van der Waals surface area contributed by atoms with Crippen molar-refractivity contribution in [1.82, 2.24) is 0 Å². The SMILES string of the molecule is COC.O=C1CCN(c2ccc([N+](=O)[O-])cc2F)CC1. The maximum absolute atomic E-state index is 13.7. The van der Waals surface area contributed by atoms with Gasteiger partial charge in [0.25, 0.3) is 5.69 Å². The van der Waals surface area contributed by atoms with Gasteiger partial charge in [-0.25, -0.2) is 4.39 Å². The number of nitro groups is 1. The van der Waals surface area contributed by atoms with E-state index in [0.717, 1.165) is 6.07 Å².